The van der Waals surface area contributed by atoms with Crippen molar-refractivity contribution < 1.29 is 4.79 Å². The molecule has 1 heterocycles. The average Bonchev–Trinajstić information content (AvgIpc) is 2.56. The van der Waals surface area contributed by atoms with Gasteiger partial charge in [0.1, 0.15) is 0 Å². The van der Waals surface area contributed by atoms with Gasteiger partial charge in [-0.2, -0.15) is 0 Å². The Bertz CT molecular complexity index is 235. The molecule has 0 atom stereocenters. The van der Waals surface area contributed by atoms with E-state index in [1.54, 1.807) is 11.6 Å². The molecule has 0 bridgehead atoms. The number of rotatable bonds is 4. The van der Waals surface area contributed by atoms with Gasteiger partial charge in [-0.05, 0) is 13.0 Å². The van der Waals surface area contributed by atoms with Gasteiger partial charge in [-0.3, -0.25) is 4.79 Å². The highest BCUT2D eigenvalue weighted by Gasteiger charge is 2.05. The lowest BCUT2D eigenvalue weighted by molar-refractivity contribution is 0.0953. The van der Waals surface area contributed by atoms with Crippen molar-refractivity contribution in [1.82, 2.24) is 10.3 Å². The normalized spacial score (nSPS) is 9.75. The Morgan fingerprint density at radius 2 is 2.58 bits per heavy atom. The van der Waals surface area contributed by atoms with Crippen LogP contribution in [0.1, 0.15) is 16.2 Å². The van der Waals surface area contributed by atoms with Gasteiger partial charge in [0.2, 0.25) is 0 Å². The molecule has 0 aromatic carbocycles. The summed E-state index contributed by atoms with van der Waals surface area (Å²) in [6.07, 6.45) is 2.42. The first kappa shape index (κ1) is 9.15. The van der Waals surface area contributed by atoms with Crippen LogP contribution in [-0.4, -0.2) is 24.0 Å². The van der Waals surface area contributed by atoms with Gasteiger partial charge in [0.25, 0.3) is 5.91 Å². The maximum absolute atomic E-state index is 11.2. The summed E-state index contributed by atoms with van der Waals surface area (Å²) in [5.41, 5.74) is 5.27. The first-order valence-corrected chi connectivity index (χ1v) is 4.60. The summed E-state index contributed by atoms with van der Waals surface area (Å²) in [6, 6.07) is 0. The van der Waals surface area contributed by atoms with Crippen LogP contribution in [0.4, 0.5) is 0 Å². The third kappa shape index (κ3) is 2.60. The third-order valence-corrected chi connectivity index (χ3v) is 2.06. The molecule has 0 saturated carbocycles. The zero-order valence-corrected chi connectivity index (χ0v) is 7.43. The molecular weight excluding hydrogens is 174 g/mol. The number of carbonyl (C=O) groups is 1. The molecule has 3 N–H and O–H groups in total. The zero-order valence-electron chi connectivity index (χ0n) is 6.62. The number of thiazole rings is 1. The second kappa shape index (κ2) is 4.84. The van der Waals surface area contributed by atoms with E-state index in [4.69, 9.17) is 5.73 Å². The summed E-state index contributed by atoms with van der Waals surface area (Å²) in [5.74, 6) is -0.113. The van der Waals surface area contributed by atoms with Crippen LogP contribution < -0.4 is 11.1 Å². The molecule has 0 aliphatic rings. The number of nitrogens with one attached hydrogen (secondary N) is 1. The molecule has 0 saturated heterocycles. The van der Waals surface area contributed by atoms with E-state index < -0.39 is 0 Å². The number of nitrogens with two attached hydrogens (primary N) is 1. The monoisotopic (exact) mass is 185 g/mol. The SMILES string of the molecule is NCCCNC(=O)c1nccs1. The van der Waals surface area contributed by atoms with Crippen LogP contribution in [0.2, 0.25) is 0 Å². The van der Waals surface area contributed by atoms with Crippen LogP contribution in [0.3, 0.4) is 0 Å². The molecular formula is C7H11N3OS. The summed E-state index contributed by atoms with van der Waals surface area (Å²) in [5, 5.41) is 5.00. The largest absolute Gasteiger partial charge is 0.350 e. The molecule has 0 spiro atoms. The highest BCUT2D eigenvalue weighted by atomic mass is 32.1. The standard InChI is InChI=1S/C7H11N3OS/c8-2-1-3-9-6(11)7-10-4-5-12-7/h4-5H,1-3,8H2,(H,9,11). The summed E-state index contributed by atoms with van der Waals surface area (Å²) in [4.78, 5) is 15.0. The quantitative estimate of drug-likeness (QED) is 0.659. The van der Waals surface area contributed by atoms with Gasteiger partial charge in [0.15, 0.2) is 5.01 Å². The lowest BCUT2D eigenvalue weighted by Gasteiger charge is -1.99. The smallest absolute Gasteiger partial charge is 0.280 e. The topological polar surface area (TPSA) is 68.0 Å². The summed E-state index contributed by atoms with van der Waals surface area (Å²) < 4.78 is 0. The molecule has 0 radical (unpaired) electrons. The summed E-state index contributed by atoms with van der Waals surface area (Å²) in [6.45, 7) is 1.22. The molecule has 66 valence electrons. The van der Waals surface area contributed by atoms with Crippen LogP contribution in [0.25, 0.3) is 0 Å². The second-order valence-corrected chi connectivity index (χ2v) is 3.13. The Morgan fingerprint density at radius 1 is 1.75 bits per heavy atom. The van der Waals surface area contributed by atoms with E-state index in [0.717, 1.165) is 6.42 Å². The van der Waals surface area contributed by atoms with Gasteiger partial charge < -0.3 is 11.1 Å². The average molecular weight is 185 g/mol. The third-order valence-electron chi connectivity index (χ3n) is 1.29. The molecule has 1 rings (SSSR count). The number of aromatic nitrogens is 1. The molecule has 0 unspecified atom stereocenters. The number of carbonyl (C=O) groups excluding carboxylic acids is 1. The fourth-order valence-corrected chi connectivity index (χ4v) is 1.27. The number of hydrogen-bond acceptors (Lipinski definition) is 4. The molecule has 1 aromatic heterocycles. The van der Waals surface area contributed by atoms with Crippen molar-refractivity contribution >= 4 is 17.2 Å². The molecule has 0 aliphatic carbocycles. The van der Waals surface area contributed by atoms with E-state index in [1.165, 1.54) is 11.3 Å². The lowest BCUT2D eigenvalue weighted by atomic mass is 10.4. The fourth-order valence-electron chi connectivity index (χ4n) is 0.715. The summed E-state index contributed by atoms with van der Waals surface area (Å²) >= 11 is 1.33. The minimum absolute atomic E-state index is 0.113. The van der Waals surface area contributed by atoms with Crippen molar-refractivity contribution in [2.45, 2.75) is 6.42 Å². The van der Waals surface area contributed by atoms with E-state index in [9.17, 15) is 4.79 Å². The van der Waals surface area contributed by atoms with E-state index in [2.05, 4.69) is 10.3 Å². The van der Waals surface area contributed by atoms with Gasteiger partial charge in [-0.15, -0.1) is 11.3 Å². The Hall–Kier alpha value is -0.940. The van der Waals surface area contributed by atoms with Crippen LogP contribution in [0.15, 0.2) is 11.6 Å². The molecule has 0 aliphatic heterocycles. The van der Waals surface area contributed by atoms with Crippen molar-refractivity contribution in [2.75, 3.05) is 13.1 Å². The van der Waals surface area contributed by atoms with E-state index in [1.807, 2.05) is 0 Å². The zero-order chi connectivity index (χ0) is 8.81. The van der Waals surface area contributed by atoms with Crippen LogP contribution in [-0.2, 0) is 0 Å². The number of amides is 1. The number of nitrogens with zero attached hydrogens (tertiary/aromatic N) is 1. The Morgan fingerprint density at radius 3 is 3.17 bits per heavy atom. The van der Waals surface area contributed by atoms with E-state index in [0.29, 0.717) is 18.1 Å². The molecule has 4 nitrogen and oxygen atoms in total. The molecule has 1 aromatic rings. The van der Waals surface area contributed by atoms with Crippen LogP contribution in [0.5, 0.6) is 0 Å². The molecule has 1 amide bonds. The van der Waals surface area contributed by atoms with E-state index >= 15 is 0 Å². The molecule has 0 fully saturated rings. The minimum atomic E-state index is -0.113. The fraction of sp³-hybridized carbons (Fsp3) is 0.429. The lowest BCUT2D eigenvalue weighted by Crippen LogP contribution is -2.25. The van der Waals surface area contributed by atoms with Gasteiger partial charge in [-0.25, -0.2) is 4.98 Å². The first-order chi connectivity index (χ1) is 5.84. The molecule has 5 heteroatoms. The minimum Gasteiger partial charge on any atom is -0.350 e. The van der Waals surface area contributed by atoms with E-state index in [-0.39, 0.29) is 5.91 Å². The van der Waals surface area contributed by atoms with Crippen molar-refractivity contribution in [3.8, 4) is 0 Å². The van der Waals surface area contributed by atoms with Gasteiger partial charge in [-0.1, -0.05) is 0 Å². The second-order valence-electron chi connectivity index (χ2n) is 2.24. The van der Waals surface area contributed by atoms with Crippen molar-refractivity contribution in [1.29, 1.82) is 0 Å². The predicted octanol–water partition coefficient (Wildman–Crippen LogP) is 0.222. The number of hydrogen-bond donors (Lipinski definition) is 2. The summed E-state index contributed by atoms with van der Waals surface area (Å²) in [7, 11) is 0. The first-order valence-electron chi connectivity index (χ1n) is 3.72. The van der Waals surface area contributed by atoms with Crippen molar-refractivity contribution in [3.63, 3.8) is 0 Å². The van der Waals surface area contributed by atoms with Gasteiger partial charge in [0.05, 0.1) is 0 Å². The van der Waals surface area contributed by atoms with Crippen LogP contribution in [0, 0.1) is 0 Å². The van der Waals surface area contributed by atoms with Gasteiger partial charge >= 0.3 is 0 Å². The maximum Gasteiger partial charge on any atom is 0.280 e. The Balaban J connectivity index is 2.30. The highest BCUT2D eigenvalue weighted by Crippen LogP contribution is 2.02. The molecule has 12 heavy (non-hydrogen) atoms. The van der Waals surface area contributed by atoms with Crippen molar-refractivity contribution in [2.24, 2.45) is 5.73 Å². The Kier molecular flexibility index (Phi) is 3.69. The highest BCUT2D eigenvalue weighted by molar-refractivity contribution is 7.11. The van der Waals surface area contributed by atoms with Crippen LogP contribution >= 0.6 is 11.3 Å². The van der Waals surface area contributed by atoms with Crippen molar-refractivity contribution in [3.05, 3.63) is 16.6 Å². The van der Waals surface area contributed by atoms with Gasteiger partial charge in [0, 0.05) is 18.1 Å². The maximum atomic E-state index is 11.2. The Labute approximate surface area is 74.8 Å². The predicted molar refractivity (Wildman–Crippen MR) is 48.1 cm³/mol.